The van der Waals surface area contributed by atoms with E-state index in [2.05, 4.69) is 5.43 Å². The van der Waals surface area contributed by atoms with E-state index in [4.69, 9.17) is 5.84 Å². The van der Waals surface area contributed by atoms with Gasteiger partial charge in [0.05, 0.1) is 0 Å². The van der Waals surface area contributed by atoms with Crippen LogP contribution < -0.4 is 11.3 Å². The van der Waals surface area contributed by atoms with Crippen molar-refractivity contribution in [3.63, 3.8) is 0 Å². The quantitative estimate of drug-likeness (QED) is 0.633. The molecule has 1 aromatic rings. The fourth-order valence-electron chi connectivity index (χ4n) is 2.98. The third-order valence-electron chi connectivity index (χ3n) is 4.09. The Kier molecular flexibility index (Phi) is 4.72. The van der Waals surface area contributed by atoms with Crippen molar-refractivity contribution in [2.45, 2.75) is 51.5 Å². The number of nitrogens with two attached hydrogens (primary N) is 1. The van der Waals surface area contributed by atoms with Crippen molar-refractivity contribution in [3.05, 3.63) is 35.1 Å². The van der Waals surface area contributed by atoms with E-state index in [1.165, 1.54) is 32.1 Å². The molecule has 2 rings (SSSR count). The Labute approximate surface area is 109 Å². The zero-order chi connectivity index (χ0) is 13.0. The first kappa shape index (κ1) is 13.5. The molecule has 1 unspecified atom stereocenters. The van der Waals surface area contributed by atoms with Crippen molar-refractivity contribution in [2.24, 2.45) is 11.8 Å². The normalized spacial score (nSPS) is 18.8. The fourth-order valence-corrected chi connectivity index (χ4v) is 2.98. The van der Waals surface area contributed by atoms with E-state index in [1.807, 2.05) is 12.1 Å². The summed E-state index contributed by atoms with van der Waals surface area (Å²) in [4.78, 5) is 0. The topological polar surface area (TPSA) is 38.0 Å². The predicted molar refractivity (Wildman–Crippen MR) is 72.4 cm³/mol. The Balaban J connectivity index is 2.09. The largest absolute Gasteiger partial charge is 0.271 e. The zero-order valence-corrected chi connectivity index (χ0v) is 11.1. The van der Waals surface area contributed by atoms with Gasteiger partial charge in [-0.3, -0.25) is 11.3 Å². The fraction of sp³-hybridized carbons (Fsp3) is 0.600. The number of nitrogens with one attached hydrogen (secondary N) is 1. The molecule has 1 aromatic carbocycles. The van der Waals surface area contributed by atoms with Crippen molar-refractivity contribution >= 4 is 0 Å². The van der Waals surface area contributed by atoms with Crippen molar-refractivity contribution < 1.29 is 4.39 Å². The lowest BCUT2D eigenvalue weighted by atomic mass is 9.83. The Morgan fingerprint density at radius 1 is 1.33 bits per heavy atom. The molecule has 1 fully saturated rings. The lowest BCUT2D eigenvalue weighted by Crippen LogP contribution is -2.31. The van der Waals surface area contributed by atoms with Gasteiger partial charge in [-0.1, -0.05) is 50.3 Å². The van der Waals surface area contributed by atoms with Gasteiger partial charge in [0.25, 0.3) is 0 Å². The van der Waals surface area contributed by atoms with Crippen molar-refractivity contribution in [1.29, 1.82) is 0 Å². The molecule has 3 N–H and O–H groups in total. The molecule has 0 amide bonds. The van der Waals surface area contributed by atoms with Gasteiger partial charge in [-0.2, -0.15) is 0 Å². The van der Waals surface area contributed by atoms with Crippen LogP contribution in [-0.4, -0.2) is 0 Å². The summed E-state index contributed by atoms with van der Waals surface area (Å²) < 4.78 is 14.1. The van der Waals surface area contributed by atoms with E-state index in [9.17, 15) is 4.39 Å². The summed E-state index contributed by atoms with van der Waals surface area (Å²) in [6, 6.07) is 5.48. The molecule has 0 saturated heterocycles. The van der Waals surface area contributed by atoms with Crippen molar-refractivity contribution in [1.82, 2.24) is 5.43 Å². The van der Waals surface area contributed by atoms with E-state index in [0.717, 1.165) is 6.42 Å². The Morgan fingerprint density at radius 2 is 2.06 bits per heavy atom. The van der Waals surface area contributed by atoms with Crippen LogP contribution in [0.25, 0.3) is 0 Å². The molecule has 1 atom stereocenters. The van der Waals surface area contributed by atoms with Gasteiger partial charge >= 0.3 is 0 Å². The van der Waals surface area contributed by atoms with Crippen LogP contribution in [0.4, 0.5) is 4.39 Å². The second-order valence-electron chi connectivity index (χ2n) is 5.44. The van der Waals surface area contributed by atoms with Gasteiger partial charge in [0, 0.05) is 11.6 Å². The standard InChI is InChI=1S/C15H23FN2/c1-11-6-5-9-13(15(11)16)14(18-17)10-12-7-3-2-4-8-12/h5-6,9,12,14,18H,2-4,7-8,10,17H2,1H3. The van der Waals surface area contributed by atoms with Crippen LogP contribution in [0.2, 0.25) is 0 Å². The molecule has 0 bridgehead atoms. The molecule has 100 valence electrons. The van der Waals surface area contributed by atoms with Crippen LogP contribution in [0.3, 0.4) is 0 Å². The highest BCUT2D eigenvalue weighted by Gasteiger charge is 2.21. The maximum absolute atomic E-state index is 14.1. The molecule has 0 aromatic heterocycles. The molecule has 0 spiro atoms. The molecule has 1 saturated carbocycles. The Morgan fingerprint density at radius 3 is 2.72 bits per heavy atom. The lowest BCUT2D eigenvalue weighted by molar-refractivity contribution is 0.298. The summed E-state index contributed by atoms with van der Waals surface area (Å²) >= 11 is 0. The van der Waals surface area contributed by atoms with Crippen LogP contribution in [0.1, 0.15) is 55.7 Å². The van der Waals surface area contributed by atoms with Crippen LogP contribution in [0.15, 0.2) is 18.2 Å². The lowest BCUT2D eigenvalue weighted by Gasteiger charge is -2.26. The van der Waals surface area contributed by atoms with Gasteiger partial charge in [-0.05, 0) is 24.8 Å². The number of hydrogen-bond acceptors (Lipinski definition) is 2. The zero-order valence-electron chi connectivity index (χ0n) is 11.1. The average molecular weight is 250 g/mol. The van der Waals surface area contributed by atoms with Crippen LogP contribution >= 0.6 is 0 Å². The molecule has 0 radical (unpaired) electrons. The van der Waals surface area contributed by atoms with Gasteiger partial charge in [-0.15, -0.1) is 0 Å². The third-order valence-corrected chi connectivity index (χ3v) is 4.09. The number of benzene rings is 1. The molecule has 1 aliphatic rings. The van der Waals surface area contributed by atoms with E-state index < -0.39 is 0 Å². The summed E-state index contributed by atoms with van der Waals surface area (Å²) in [5.74, 6) is 6.19. The number of halogens is 1. The second-order valence-corrected chi connectivity index (χ2v) is 5.44. The van der Waals surface area contributed by atoms with Gasteiger partial charge in [0.1, 0.15) is 5.82 Å². The van der Waals surface area contributed by atoms with Crippen LogP contribution in [-0.2, 0) is 0 Å². The average Bonchev–Trinajstić information content (AvgIpc) is 2.41. The van der Waals surface area contributed by atoms with E-state index >= 15 is 0 Å². The highest BCUT2D eigenvalue weighted by molar-refractivity contribution is 5.27. The molecule has 0 heterocycles. The molecule has 2 nitrogen and oxygen atoms in total. The molecular formula is C15H23FN2. The molecule has 18 heavy (non-hydrogen) atoms. The minimum Gasteiger partial charge on any atom is -0.271 e. The SMILES string of the molecule is Cc1cccc(C(CC2CCCCC2)NN)c1F. The second kappa shape index (κ2) is 6.30. The summed E-state index contributed by atoms with van der Waals surface area (Å²) in [6.07, 6.45) is 7.40. The first-order valence-electron chi connectivity index (χ1n) is 6.93. The number of aryl methyl sites for hydroxylation is 1. The first-order chi connectivity index (χ1) is 8.72. The van der Waals surface area contributed by atoms with Crippen LogP contribution in [0, 0.1) is 18.7 Å². The maximum Gasteiger partial charge on any atom is 0.130 e. The monoisotopic (exact) mass is 250 g/mol. The Bertz CT molecular complexity index is 386. The van der Waals surface area contributed by atoms with Crippen molar-refractivity contribution in [2.75, 3.05) is 0 Å². The van der Waals surface area contributed by atoms with Gasteiger partial charge in [0.2, 0.25) is 0 Å². The van der Waals surface area contributed by atoms with Crippen molar-refractivity contribution in [3.8, 4) is 0 Å². The van der Waals surface area contributed by atoms with Gasteiger partial charge in [0.15, 0.2) is 0 Å². The van der Waals surface area contributed by atoms with E-state index in [-0.39, 0.29) is 11.9 Å². The highest BCUT2D eigenvalue weighted by atomic mass is 19.1. The maximum atomic E-state index is 14.1. The predicted octanol–water partition coefficient (Wildman–Crippen LogP) is 3.61. The molecular weight excluding hydrogens is 227 g/mol. The molecule has 0 aliphatic heterocycles. The number of hydrogen-bond donors (Lipinski definition) is 2. The highest BCUT2D eigenvalue weighted by Crippen LogP contribution is 2.32. The summed E-state index contributed by atoms with van der Waals surface area (Å²) in [6.45, 7) is 1.80. The van der Waals surface area contributed by atoms with Gasteiger partial charge < -0.3 is 0 Å². The Hall–Kier alpha value is -0.930. The number of rotatable bonds is 4. The van der Waals surface area contributed by atoms with E-state index in [0.29, 0.717) is 17.0 Å². The number of hydrazine groups is 1. The minimum absolute atomic E-state index is 0.0620. The summed E-state index contributed by atoms with van der Waals surface area (Å²) in [7, 11) is 0. The minimum atomic E-state index is -0.115. The van der Waals surface area contributed by atoms with Gasteiger partial charge in [-0.25, -0.2) is 4.39 Å². The molecule has 1 aliphatic carbocycles. The smallest absolute Gasteiger partial charge is 0.130 e. The van der Waals surface area contributed by atoms with Crippen LogP contribution in [0.5, 0.6) is 0 Å². The van der Waals surface area contributed by atoms with E-state index in [1.54, 1.807) is 13.0 Å². The first-order valence-corrected chi connectivity index (χ1v) is 6.93. The third kappa shape index (κ3) is 3.09. The molecule has 3 heteroatoms. The summed E-state index contributed by atoms with van der Waals surface area (Å²) in [5, 5.41) is 0. The summed E-state index contributed by atoms with van der Waals surface area (Å²) in [5.41, 5.74) is 4.20.